The van der Waals surface area contributed by atoms with Gasteiger partial charge >= 0.3 is 0 Å². The molecule has 0 aliphatic heterocycles. The second kappa shape index (κ2) is 18.0. The number of pyridine rings is 3. The van der Waals surface area contributed by atoms with Gasteiger partial charge in [0, 0.05) is 51.3 Å². The fourth-order valence-electron chi connectivity index (χ4n) is 7.97. The first-order valence-corrected chi connectivity index (χ1v) is 21.8. The van der Waals surface area contributed by atoms with E-state index in [1.807, 2.05) is 134 Å². The van der Waals surface area contributed by atoms with Crippen LogP contribution in [0.4, 0.5) is 0 Å². The second-order valence-electron chi connectivity index (χ2n) is 15.8. The Hall–Kier alpha value is -9.07. The van der Waals surface area contributed by atoms with Crippen molar-refractivity contribution in [1.82, 2.24) is 34.9 Å². The van der Waals surface area contributed by atoms with E-state index in [2.05, 4.69) is 103 Å². The molecule has 11 rings (SSSR count). The third-order valence-electron chi connectivity index (χ3n) is 11.4. The third kappa shape index (κ3) is 8.52. The number of hydrogen-bond acceptors (Lipinski definition) is 7. The standard InChI is InChI=1S/C59H39N7/c1-6-16-40(17-7-1)49-34-56(62-57(35-49)51-33-31-48(39-61-51)55-37-54(44-22-12-4-13-23-44)63-58(66-55)45-24-14-5-15-25-45)50-32-30-47(38-60-50)41-26-28-46(29-27-41)59-64-52(42-18-8-2-9-19-42)36-53(65-59)43-20-10-3-11-21-43/h1-39H. The van der Waals surface area contributed by atoms with Crippen molar-refractivity contribution in [2.45, 2.75) is 0 Å². The van der Waals surface area contributed by atoms with Gasteiger partial charge in [0.2, 0.25) is 0 Å². The summed E-state index contributed by atoms with van der Waals surface area (Å²) >= 11 is 0. The highest BCUT2D eigenvalue weighted by atomic mass is 14.9. The summed E-state index contributed by atoms with van der Waals surface area (Å²) in [6.07, 6.45) is 3.77. The van der Waals surface area contributed by atoms with E-state index in [0.717, 1.165) is 101 Å². The van der Waals surface area contributed by atoms with Crippen LogP contribution in [0.5, 0.6) is 0 Å². The average Bonchev–Trinajstić information content (AvgIpc) is 3.42. The summed E-state index contributed by atoms with van der Waals surface area (Å²) in [7, 11) is 0. The van der Waals surface area contributed by atoms with E-state index in [1.165, 1.54) is 0 Å². The van der Waals surface area contributed by atoms with E-state index in [9.17, 15) is 0 Å². The molecule has 0 saturated heterocycles. The largest absolute Gasteiger partial charge is 0.254 e. The molecule has 0 radical (unpaired) electrons. The van der Waals surface area contributed by atoms with Gasteiger partial charge in [0.05, 0.1) is 45.6 Å². The molecule has 11 aromatic rings. The first-order valence-electron chi connectivity index (χ1n) is 21.8. The van der Waals surface area contributed by atoms with Gasteiger partial charge in [-0.25, -0.2) is 24.9 Å². The van der Waals surface area contributed by atoms with Gasteiger partial charge in [-0.15, -0.1) is 0 Å². The van der Waals surface area contributed by atoms with Gasteiger partial charge < -0.3 is 0 Å². The zero-order valence-electron chi connectivity index (χ0n) is 35.6. The maximum absolute atomic E-state index is 5.15. The van der Waals surface area contributed by atoms with Crippen LogP contribution in [-0.2, 0) is 0 Å². The van der Waals surface area contributed by atoms with Gasteiger partial charge in [-0.05, 0) is 59.2 Å². The van der Waals surface area contributed by atoms with Gasteiger partial charge in [-0.2, -0.15) is 0 Å². The Kier molecular flexibility index (Phi) is 10.8. The van der Waals surface area contributed by atoms with Gasteiger partial charge in [0.15, 0.2) is 11.6 Å². The summed E-state index contributed by atoms with van der Waals surface area (Å²) in [6, 6.07) is 75.8. The SMILES string of the molecule is c1ccc(-c2cc(-c3ccc(-c4ccc(-c5nc(-c6ccccc6)cc(-c6ccccc6)n5)cc4)cn3)nc(-c3ccc(-c4cc(-c5ccccc5)nc(-c5ccccc5)n4)cn3)c2)cc1. The lowest BCUT2D eigenvalue weighted by molar-refractivity contribution is 1.17. The Bertz CT molecular complexity index is 3290. The molecule has 0 spiro atoms. The highest BCUT2D eigenvalue weighted by molar-refractivity contribution is 5.78. The van der Waals surface area contributed by atoms with Gasteiger partial charge in [0.1, 0.15) is 0 Å². The fourth-order valence-corrected chi connectivity index (χ4v) is 7.97. The molecule has 0 atom stereocenters. The molecular formula is C59H39N7. The van der Waals surface area contributed by atoms with Gasteiger partial charge in [0.25, 0.3) is 0 Å². The summed E-state index contributed by atoms with van der Waals surface area (Å²) in [5.74, 6) is 1.33. The second-order valence-corrected chi connectivity index (χ2v) is 15.8. The molecule has 7 heteroatoms. The Labute approximate surface area is 383 Å². The lowest BCUT2D eigenvalue weighted by Crippen LogP contribution is -1.97. The van der Waals surface area contributed by atoms with E-state index in [4.69, 9.17) is 34.9 Å². The highest BCUT2D eigenvalue weighted by Gasteiger charge is 2.15. The lowest BCUT2D eigenvalue weighted by atomic mass is 10.0. The van der Waals surface area contributed by atoms with Crippen molar-refractivity contribution in [1.29, 1.82) is 0 Å². The van der Waals surface area contributed by atoms with Gasteiger partial charge in [-0.1, -0.05) is 182 Å². The number of nitrogens with zero attached hydrogens (tertiary/aromatic N) is 7. The maximum atomic E-state index is 5.15. The molecule has 0 unspecified atom stereocenters. The molecule has 0 saturated carbocycles. The number of benzene rings is 6. The molecule has 0 bridgehead atoms. The molecule has 0 aliphatic carbocycles. The summed E-state index contributed by atoms with van der Waals surface area (Å²) in [5.41, 5.74) is 16.4. The monoisotopic (exact) mass is 845 g/mol. The molecule has 310 valence electrons. The van der Waals surface area contributed by atoms with Crippen LogP contribution in [0.2, 0.25) is 0 Å². The van der Waals surface area contributed by atoms with Crippen molar-refractivity contribution >= 4 is 0 Å². The lowest BCUT2D eigenvalue weighted by Gasteiger charge is -2.11. The van der Waals surface area contributed by atoms with Crippen LogP contribution in [0.15, 0.2) is 237 Å². The van der Waals surface area contributed by atoms with Crippen LogP contribution in [0.1, 0.15) is 0 Å². The molecule has 66 heavy (non-hydrogen) atoms. The van der Waals surface area contributed by atoms with Crippen LogP contribution in [0.3, 0.4) is 0 Å². The minimum Gasteiger partial charge on any atom is -0.254 e. The molecule has 6 aromatic carbocycles. The smallest absolute Gasteiger partial charge is 0.160 e. The highest BCUT2D eigenvalue weighted by Crippen LogP contribution is 2.33. The topological polar surface area (TPSA) is 90.2 Å². The molecular weight excluding hydrogens is 807 g/mol. The van der Waals surface area contributed by atoms with E-state index >= 15 is 0 Å². The van der Waals surface area contributed by atoms with Gasteiger partial charge in [-0.3, -0.25) is 9.97 Å². The third-order valence-corrected chi connectivity index (χ3v) is 11.4. The zero-order valence-corrected chi connectivity index (χ0v) is 35.6. The Morgan fingerprint density at radius 2 is 0.500 bits per heavy atom. The van der Waals surface area contributed by atoms with Crippen LogP contribution < -0.4 is 0 Å². The molecule has 0 amide bonds. The van der Waals surface area contributed by atoms with Crippen molar-refractivity contribution in [3.63, 3.8) is 0 Å². The van der Waals surface area contributed by atoms with Crippen LogP contribution in [0, 0.1) is 0 Å². The minimum atomic E-state index is 0.658. The maximum Gasteiger partial charge on any atom is 0.160 e. The quantitative estimate of drug-likeness (QED) is 0.135. The Morgan fingerprint density at radius 1 is 0.182 bits per heavy atom. The van der Waals surface area contributed by atoms with E-state index < -0.39 is 0 Å². The molecule has 0 N–H and O–H groups in total. The predicted octanol–water partition coefficient (Wildman–Crippen LogP) is 14.1. The van der Waals surface area contributed by atoms with Crippen molar-refractivity contribution in [2.75, 3.05) is 0 Å². The van der Waals surface area contributed by atoms with Crippen molar-refractivity contribution in [3.8, 4) is 113 Å². The summed E-state index contributed by atoms with van der Waals surface area (Å²) in [5, 5.41) is 0. The first-order chi connectivity index (χ1) is 32.7. The molecule has 5 aromatic heterocycles. The molecule has 7 nitrogen and oxygen atoms in total. The number of rotatable bonds is 10. The number of hydrogen-bond donors (Lipinski definition) is 0. The van der Waals surface area contributed by atoms with Crippen molar-refractivity contribution < 1.29 is 0 Å². The molecule has 5 heterocycles. The van der Waals surface area contributed by atoms with Crippen LogP contribution in [0.25, 0.3) is 113 Å². The summed E-state index contributed by atoms with van der Waals surface area (Å²) in [4.78, 5) is 35.1. The van der Waals surface area contributed by atoms with Crippen LogP contribution in [-0.4, -0.2) is 34.9 Å². The van der Waals surface area contributed by atoms with Crippen molar-refractivity contribution in [3.05, 3.63) is 237 Å². The first kappa shape index (κ1) is 39.8. The van der Waals surface area contributed by atoms with E-state index in [-0.39, 0.29) is 0 Å². The predicted molar refractivity (Wildman–Crippen MR) is 265 cm³/mol. The average molecular weight is 846 g/mol. The summed E-state index contributed by atoms with van der Waals surface area (Å²) < 4.78 is 0. The van der Waals surface area contributed by atoms with E-state index in [1.54, 1.807) is 0 Å². The molecule has 0 fully saturated rings. The normalized spacial score (nSPS) is 11.0. The minimum absolute atomic E-state index is 0.658. The molecule has 0 aliphatic rings. The summed E-state index contributed by atoms with van der Waals surface area (Å²) in [6.45, 7) is 0. The number of aromatic nitrogens is 7. The Morgan fingerprint density at radius 3 is 0.909 bits per heavy atom. The van der Waals surface area contributed by atoms with Crippen molar-refractivity contribution in [2.24, 2.45) is 0 Å². The Balaban J connectivity index is 0.899. The van der Waals surface area contributed by atoms with E-state index in [0.29, 0.717) is 11.6 Å². The van der Waals surface area contributed by atoms with Crippen LogP contribution >= 0.6 is 0 Å². The zero-order chi connectivity index (χ0) is 44.1. The fraction of sp³-hybridized carbons (Fsp3) is 0.